The van der Waals surface area contributed by atoms with Gasteiger partial charge in [-0.25, -0.2) is 4.39 Å². The molecule has 0 unspecified atom stereocenters. The molecule has 0 radical (unpaired) electrons. The maximum absolute atomic E-state index is 13.7. The number of methoxy groups -OCH3 is 1. The minimum absolute atomic E-state index is 0.0906. The lowest BCUT2D eigenvalue weighted by molar-refractivity contribution is 0.410. The van der Waals surface area contributed by atoms with Crippen LogP contribution in [-0.4, -0.2) is 12.1 Å². The molecule has 2 rings (SSSR count). The van der Waals surface area contributed by atoms with Gasteiger partial charge in [-0.1, -0.05) is 6.07 Å². The number of aromatic nitrogens is 1. The fourth-order valence-electron chi connectivity index (χ4n) is 1.53. The van der Waals surface area contributed by atoms with Gasteiger partial charge in [-0.05, 0) is 24.3 Å². The Morgan fingerprint density at radius 3 is 2.76 bits per heavy atom. The van der Waals surface area contributed by atoms with Gasteiger partial charge in [0.1, 0.15) is 23.2 Å². The highest BCUT2D eigenvalue weighted by Gasteiger charge is 2.12. The third-order valence-electron chi connectivity index (χ3n) is 2.35. The second kappa shape index (κ2) is 4.62. The summed E-state index contributed by atoms with van der Waals surface area (Å²) in [5.74, 6) is -0.388. The van der Waals surface area contributed by atoms with Gasteiger partial charge < -0.3 is 4.74 Å². The van der Waals surface area contributed by atoms with E-state index < -0.39 is 5.82 Å². The standard InChI is InChI=1S/C13H9FN2O/c1-17-13-7-9(6-11(14)10(13)8-15)12-4-2-3-5-16-12/h2-7H,1H3. The molecular weight excluding hydrogens is 219 g/mol. The Balaban J connectivity index is 2.59. The molecule has 17 heavy (non-hydrogen) atoms. The lowest BCUT2D eigenvalue weighted by Gasteiger charge is -2.07. The molecule has 2 aromatic rings. The number of nitriles is 1. The van der Waals surface area contributed by atoms with Gasteiger partial charge in [0.15, 0.2) is 0 Å². The van der Waals surface area contributed by atoms with Gasteiger partial charge in [0.25, 0.3) is 0 Å². The number of hydrogen-bond donors (Lipinski definition) is 0. The predicted molar refractivity (Wildman–Crippen MR) is 60.9 cm³/mol. The molecular formula is C13H9FN2O. The molecule has 0 aliphatic rings. The maximum atomic E-state index is 13.7. The van der Waals surface area contributed by atoms with E-state index in [4.69, 9.17) is 10.00 Å². The number of benzene rings is 1. The number of hydrogen-bond acceptors (Lipinski definition) is 3. The second-order valence-corrected chi connectivity index (χ2v) is 3.36. The summed E-state index contributed by atoms with van der Waals surface area (Å²) >= 11 is 0. The van der Waals surface area contributed by atoms with Gasteiger partial charge in [0, 0.05) is 11.8 Å². The van der Waals surface area contributed by atoms with Crippen molar-refractivity contribution >= 4 is 0 Å². The molecule has 3 nitrogen and oxygen atoms in total. The fourth-order valence-corrected chi connectivity index (χ4v) is 1.53. The molecule has 0 spiro atoms. The minimum atomic E-state index is -0.604. The van der Waals surface area contributed by atoms with Crippen LogP contribution in [0.5, 0.6) is 5.75 Å². The Kier molecular flexibility index (Phi) is 3.01. The van der Waals surface area contributed by atoms with E-state index >= 15 is 0 Å². The van der Waals surface area contributed by atoms with Crippen molar-refractivity contribution in [2.45, 2.75) is 0 Å². The molecule has 1 aromatic heterocycles. The van der Waals surface area contributed by atoms with Crippen molar-refractivity contribution in [3.8, 4) is 23.1 Å². The van der Waals surface area contributed by atoms with E-state index in [0.717, 1.165) is 0 Å². The highest BCUT2D eigenvalue weighted by Crippen LogP contribution is 2.28. The first-order chi connectivity index (χ1) is 8.26. The van der Waals surface area contributed by atoms with E-state index in [1.54, 1.807) is 30.5 Å². The number of pyridine rings is 1. The SMILES string of the molecule is COc1cc(-c2ccccn2)cc(F)c1C#N. The molecule has 0 bridgehead atoms. The molecule has 0 amide bonds. The van der Waals surface area contributed by atoms with Crippen LogP contribution in [0.25, 0.3) is 11.3 Å². The maximum Gasteiger partial charge on any atom is 0.145 e. The van der Waals surface area contributed by atoms with Gasteiger partial charge in [-0.2, -0.15) is 5.26 Å². The van der Waals surface area contributed by atoms with Crippen LogP contribution in [-0.2, 0) is 0 Å². The summed E-state index contributed by atoms with van der Waals surface area (Å²) in [6, 6.07) is 10.0. The zero-order valence-corrected chi connectivity index (χ0v) is 9.14. The van der Waals surface area contributed by atoms with Crippen LogP contribution in [0, 0.1) is 17.1 Å². The Morgan fingerprint density at radius 1 is 1.35 bits per heavy atom. The first-order valence-corrected chi connectivity index (χ1v) is 4.95. The molecule has 84 valence electrons. The molecule has 0 fully saturated rings. The molecule has 0 saturated carbocycles. The Bertz CT molecular complexity index is 576. The Labute approximate surface area is 98.1 Å². The fraction of sp³-hybridized carbons (Fsp3) is 0.0769. The number of halogens is 1. The summed E-state index contributed by atoms with van der Waals surface area (Å²) in [7, 11) is 1.40. The van der Waals surface area contributed by atoms with Crippen LogP contribution in [0.1, 0.15) is 5.56 Å². The van der Waals surface area contributed by atoms with E-state index in [2.05, 4.69) is 4.98 Å². The van der Waals surface area contributed by atoms with Crippen molar-refractivity contribution in [1.29, 1.82) is 5.26 Å². The number of nitrogens with zero attached hydrogens (tertiary/aromatic N) is 2. The number of ether oxygens (including phenoxy) is 1. The Morgan fingerprint density at radius 2 is 2.18 bits per heavy atom. The monoisotopic (exact) mass is 228 g/mol. The van der Waals surface area contributed by atoms with Gasteiger partial charge in [0.2, 0.25) is 0 Å². The second-order valence-electron chi connectivity index (χ2n) is 3.36. The van der Waals surface area contributed by atoms with Gasteiger partial charge in [-0.15, -0.1) is 0 Å². The van der Waals surface area contributed by atoms with Crippen LogP contribution in [0.15, 0.2) is 36.5 Å². The summed E-state index contributed by atoms with van der Waals surface area (Å²) in [5.41, 5.74) is 1.13. The average molecular weight is 228 g/mol. The zero-order valence-electron chi connectivity index (χ0n) is 9.14. The lowest BCUT2D eigenvalue weighted by Crippen LogP contribution is -1.94. The summed E-state index contributed by atoms with van der Waals surface area (Å²) in [4.78, 5) is 4.12. The van der Waals surface area contributed by atoms with Crippen molar-refractivity contribution in [3.63, 3.8) is 0 Å². The van der Waals surface area contributed by atoms with Crippen molar-refractivity contribution < 1.29 is 9.13 Å². The third kappa shape index (κ3) is 2.08. The van der Waals surface area contributed by atoms with Crippen molar-refractivity contribution in [2.24, 2.45) is 0 Å². The first kappa shape index (κ1) is 11.1. The third-order valence-corrected chi connectivity index (χ3v) is 2.35. The van der Waals surface area contributed by atoms with Crippen molar-refractivity contribution in [1.82, 2.24) is 4.98 Å². The topological polar surface area (TPSA) is 45.9 Å². The molecule has 0 aliphatic carbocycles. The minimum Gasteiger partial charge on any atom is -0.495 e. The van der Waals surface area contributed by atoms with Crippen molar-refractivity contribution in [2.75, 3.05) is 7.11 Å². The number of rotatable bonds is 2. The molecule has 1 heterocycles. The summed E-state index contributed by atoms with van der Waals surface area (Å²) in [5, 5.41) is 8.81. The Hall–Kier alpha value is -2.41. The lowest BCUT2D eigenvalue weighted by atomic mass is 10.1. The molecule has 0 saturated heterocycles. The van der Waals surface area contributed by atoms with E-state index in [-0.39, 0.29) is 11.3 Å². The van der Waals surface area contributed by atoms with Gasteiger partial charge in [-0.3, -0.25) is 4.98 Å². The molecule has 1 aromatic carbocycles. The van der Waals surface area contributed by atoms with Gasteiger partial charge >= 0.3 is 0 Å². The smallest absolute Gasteiger partial charge is 0.145 e. The highest BCUT2D eigenvalue weighted by molar-refractivity contribution is 5.64. The molecule has 0 N–H and O–H groups in total. The molecule has 0 atom stereocenters. The normalized spacial score (nSPS) is 9.71. The van der Waals surface area contributed by atoms with Crippen LogP contribution in [0.4, 0.5) is 4.39 Å². The average Bonchev–Trinajstić information content (AvgIpc) is 2.38. The largest absolute Gasteiger partial charge is 0.495 e. The quantitative estimate of drug-likeness (QED) is 0.793. The van der Waals surface area contributed by atoms with Crippen LogP contribution < -0.4 is 4.74 Å². The van der Waals surface area contributed by atoms with Crippen molar-refractivity contribution in [3.05, 3.63) is 47.9 Å². The predicted octanol–water partition coefficient (Wildman–Crippen LogP) is 2.77. The summed E-state index contributed by atoms with van der Waals surface area (Å²) in [6.45, 7) is 0. The van der Waals surface area contributed by atoms with Crippen LogP contribution >= 0.6 is 0 Å². The highest BCUT2D eigenvalue weighted by atomic mass is 19.1. The first-order valence-electron chi connectivity index (χ1n) is 4.95. The van der Waals surface area contributed by atoms with Crippen LogP contribution in [0.2, 0.25) is 0 Å². The van der Waals surface area contributed by atoms with E-state index in [1.807, 2.05) is 6.07 Å². The van der Waals surface area contributed by atoms with E-state index in [9.17, 15) is 4.39 Å². The summed E-state index contributed by atoms with van der Waals surface area (Å²) in [6.07, 6.45) is 1.62. The molecule has 0 aliphatic heterocycles. The molecule has 4 heteroatoms. The zero-order chi connectivity index (χ0) is 12.3. The van der Waals surface area contributed by atoms with Crippen LogP contribution in [0.3, 0.4) is 0 Å². The van der Waals surface area contributed by atoms with E-state index in [1.165, 1.54) is 13.2 Å². The van der Waals surface area contributed by atoms with E-state index in [0.29, 0.717) is 11.3 Å². The summed E-state index contributed by atoms with van der Waals surface area (Å²) < 4.78 is 18.6. The van der Waals surface area contributed by atoms with Gasteiger partial charge in [0.05, 0.1) is 12.8 Å².